The Labute approximate surface area is 249 Å². The second-order valence-electron chi connectivity index (χ2n) is 11.8. The molecule has 2 aromatic heterocycles. The largest absolute Gasteiger partial charge is 0.496 e. The number of methoxy groups -OCH3 is 1. The first-order valence-corrected chi connectivity index (χ1v) is 15.7. The van der Waals surface area contributed by atoms with Crippen molar-refractivity contribution in [1.82, 2.24) is 24.8 Å². The average Bonchev–Trinajstić information content (AvgIpc) is 3.04. The molecule has 0 atom stereocenters. The first kappa shape index (κ1) is 28.9. The van der Waals surface area contributed by atoms with E-state index >= 15 is 0 Å². The van der Waals surface area contributed by atoms with E-state index in [2.05, 4.69) is 57.5 Å². The first-order valence-electron chi connectivity index (χ1n) is 15.7. The maximum absolute atomic E-state index is 6.00. The van der Waals surface area contributed by atoms with Crippen LogP contribution in [-0.4, -0.2) is 111 Å². The monoisotopic (exact) mass is 574 g/mol. The quantitative estimate of drug-likeness (QED) is 0.410. The summed E-state index contributed by atoms with van der Waals surface area (Å²) in [4.78, 5) is 22.7. The fourth-order valence-corrected chi connectivity index (χ4v) is 6.63. The van der Waals surface area contributed by atoms with Crippen LogP contribution in [0.5, 0.6) is 5.75 Å². The lowest BCUT2D eigenvalue weighted by atomic mass is 10.00. The highest BCUT2D eigenvalue weighted by atomic mass is 16.5. The third-order valence-corrected chi connectivity index (χ3v) is 9.26. The molecule has 0 unspecified atom stereocenters. The molecule has 6 rings (SSSR count). The zero-order valence-corrected chi connectivity index (χ0v) is 25.7. The van der Waals surface area contributed by atoms with E-state index in [1.807, 2.05) is 13.2 Å². The number of anilines is 3. The van der Waals surface area contributed by atoms with E-state index in [1.165, 1.54) is 44.7 Å². The van der Waals surface area contributed by atoms with Gasteiger partial charge in [-0.25, -0.2) is 15.0 Å². The second-order valence-corrected chi connectivity index (χ2v) is 11.8. The molecule has 0 spiro atoms. The molecule has 5 heterocycles. The number of aromatic nitrogens is 3. The van der Waals surface area contributed by atoms with Crippen molar-refractivity contribution in [3.8, 4) is 16.9 Å². The maximum Gasteiger partial charge on any atom is 0.153 e. The molecule has 0 amide bonds. The van der Waals surface area contributed by atoms with Gasteiger partial charge in [-0.2, -0.15) is 0 Å². The Bertz CT molecular complexity index is 1360. The van der Waals surface area contributed by atoms with E-state index in [9.17, 15) is 0 Å². The molecular formula is C32H46N8O2. The molecule has 0 radical (unpaired) electrons. The van der Waals surface area contributed by atoms with Crippen molar-refractivity contribution in [3.05, 3.63) is 30.1 Å². The van der Waals surface area contributed by atoms with E-state index in [-0.39, 0.29) is 0 Å². The zero-order chi connectivity index (χ0) is 29.1. The SMILES string of the molecule is CCc1nc2c(NC)ncc(-c3ccc(N4CCC(N5CCN(C)CC5)CC4)cc3OC)c2nc1NC1CCOCC1. The van der Waals surface area contributed by atoms with Gasteiger partial charge in [-0.3, -0.25) is 4.90 Å². The Morgan fingerprint density at radius 1 is 0.929 bits per heavy atom. The topological polar surface area (TPSA) is 90.9 Å². The van der Waals surface area contributed by atoms with Crippen LogP contribution in [0.25, 0.3) is 22.2 Å². The second kappa shape index (κ2) is 13.0. The van der Waals surface area contributed by atoms with Crippen molar-refractivity contribution >= 4 is 28.4 Å². The third-order valence-electron chi connectivity index (χ3n) is 9.26. The van der Waals surface area contributed by atoms with Gasteiger partial charge in [0.1, 0.15) is 22.6 Å². The minimum absolute atomic E-state index is 0.332. The molecule has 10 heteroatoms. The summed E-state index contributed by atoms with van der Waals surface area (Å²) in [7, 11) is 5.85. The van der Waals surface area contributed by atoms with Crippen LogP contribution in [0.15, 0.2) is 24.4 Å². The van der Waals surface area contributed by atoms with E-state index < -0.39 is 0 Å². The van der Waals surface area contributed by atoms with Gasteiger partial charge in [-0.05, 0) is 51.3 Å². The van der Waals surface area contributed by atoms with E-state index in [0.717, 1.165) is 90.8 Å². The van der Waals surface area contributed by atoms with Crippen molar-refractivity contribution in [2.75, 3.05) is 89.2 Å². The summed E-state index contributed by atoms with van der Waals surface area (Å²) in [6, 6.07) is 7.59. The zero-order valence-electron chi connectivity index (χ0n) is 25.7. The highest BCUT2D eigenvalue weighted by molar-refractivity contribution is 5.99. The minimum atomic E-state index is 0.332. The molecule has 10 nitrogen and oxygen atoms in total. The van der Waals surface area contributed by atoms with Gasteiger partial charge < -0.3 is 29.9 Å². The van der Waals surface area contributed by atoms with Crippen LogP contribution in [0.3, 0.4) is 0 Å². The predicted octanol–water partition coefficient (Wildman–Crippen LogP) is 4.11. The predicted molar refractivity (Wildman–Crippen MR) is 170 cm³/mol. The van der Waals surface area contributed by atoms with Crippen LogP contribution in [-0.2, 0) is 11.2 Å². The average molecular weight is 575 g/mol. The molecule has 3 saturated heterocycles. The number of likely N-dealkylation sites (N-methyl/N-ethyl adjacent to an activating group) is 1. The molecule has 0 aliphatic carbocycles. The molecule has 3 aromatic rings. The van der Waals surface area contributed by atoms with Crippen molar-refractivity contribution in [3.63, 3.8) is 0 Å². The van der Waals surface area contributed by atoms with Gasteiger partial charge in [0.15, 0.2) is 5.82 Å². The fraction of sp³-hybridized carbons (Fsp3) is 0.594. The third kappa shape index (κ3) is 5.98. The number of hydrogen-bond donors (Lipinski definition) is 2. The van der Waals surface area contributed by atoms with Crippen molar-refractivity contribution in [1.29, 1.82) is 0 Å². The molecule has 3 aliphatic heterocycles. The smallest absolute Gasteiger partial charge is 0.153 e. The number of aryl methyl sites for hydroxylation is 1. The van der Waals surface area contributed by atoms with Gasteiger partial charge in [0.05, 0.1) is 12.8 Å². The molecular weight excluding hydrogens is 528 g/mol. The van der Waals surface area contributed by atoms with Gasteiger partial charge in [0, 0.05) is 101 Å². The standard InChI is InChI=1S/C32H46N8O2/c1-5-27-31(35-22-10-18-42-19-11-22)37-29-26(21-34-32(33-2)30(29)36-27)25-7-6-24(20-28(25)41-4)39-12-8-23(9-13-39)40-16-14-38(3)15-17-40/h6-7,20-23H,5,8-19H2,1-4H3,(H,33,34)(H,35,37). The van der Waals surface area contributed by atoms with Crippen LogP contribution in [0, 0.1) is 0 Å². The number of ether oxygens (including phenoxy) is 2. The summed E-state index contributed by atoms with van der Waals surface area (Å²) in [5, 5.41) is 6.90. The highest BCUT2D eigenvalue weighted by Crippen LogP contribution is 2.39. The summed E-state index contributed by atoms with van der Waals surface area (Å²) in [5.41, 5.74) is 5.65. The Morgan fingerprint density at radius 2 is 1.69 bits per heavy atom. The Kier molecular flexibility index (Phi) is 8.92. The number of benzene rings is 1. The van der Waals surface area contributed by atoms with Gasteiger partial charge in [-0.15, -0.1) is 0 Å². The van der Waals surface area contributed by atoms with Crippen molar-refractivity contribution < 1.29 is 9.47 Å². The summed E-state index contributed by atoms with van der Waals surface area (Å²) in [6.07, 6.45) is 7.01. The lowest BCUT2D eigenvalue weighted by molar-refractivity contribution is 0.0903. The van der Waals surface area contributed by atoms with Crippen LogP contribution >= 0.6 is 0 Å². The number of nitrogens with zero attached hydrogens (tertiary/aromatic N) is 6. The summed E-state index contributed by atoms with van der Waals surface area (Å²) >= 11 is 0. The number of pyridine rings is 1. The van der Waals surface area contributed by atoms with Crippen LogP contribution in [0.2, 0.25) is 0 Å². The normalized spacial score (nSPS) is 19.8. The number of piperidine rings is 1. The number of nitrogens with one attached hydrogen (secondary N) is 2. The van der Waals surface area contributed by atoms with Gasteiger partial charge in [0.2, 0.25) is 0 Å². The lowest BCUT2D eigenvalue weighted by Gasteiger charge is -2.42. The van der Waals surface area contributed by atoms with Crippen LogP contribution in [0.1, 0.15) is 38.3 Å². The van der Waals surface area contributed by atoms with Gasteiger partial charge in [0.25, 0.3) is 0 Å². The molecule has 1 aromatic carbocycles. The Hall–Kier alpha value is -3.21. The molecule has 0 bridgehead atoms. The van der Waals surface area contributed by atoms with E-state index in [1.54, 1.807) is 7.11 Å². The number of fused-ring (bicyclic) bond motifs is 1. The number of rotatable bonds is 8. The minimum Gasteiger partial charge on any atom is -0.496 e. The molecule has 42 heavy (non-hydrogen) atoms. The molecule has 2 N–H and O–H groups in total. The number of hydrogen-bond acceptors (Lipinski definition) is 10. The molecule has 3 fully saturated rings. The van der Waals surface area contributed by atoms with E-state index in [4.69, 9.17) is 24.4 Å². The fourth-order valence-electron chi connectivity index (χ4n) is 6.63. The van der Waals surface area contributed by atoms with Crippen LogP contribution in [0.4, 0.5) is 17.3 Å². The summed E-state index contributed by atoms with van der Waals surface area (Å²) < 4.78 is 11.6. The molecule has 0 saturated carbocycles. The number of piperazine rings is 1. The molecule has 226 valence electrons. The Morgan fingerprint density at radius 3 is 2.38 bits per heavy atom. The van der Waals surface area contributed by atoms with Crippen LogP contribution < -0.4 is 20.3 Å². The summed E-state index contributed by atoms with van der Waals surface area (Å²) in [6.45, 7) is 10.5. The summed E-state index contributed by atoms with van der Waals surface area (Å²) in [5.74, 6) is 2.41. The van der Waals surface area contributed by atoms with Crippen molar-refractivity contribution in [2.45, 2.75) is 51.1 Å². The van der Waals surface area contributed by atoms with E-state index in [0.29, 0.717) is 12.1 Å². The van der Waals surface area contributed by atoms with Gasteiger partial charge >= 0.3 is 0 Å². The lowest BCUT2D eigenvalue weighted by Crippen LogP contribution is -2.52. The molecule has 3 aliphatic rings. The Balaban J connectivity index is 1.28. The first-order chi connectivity index (χ1) is 20.6. The van der Waals surface area contributed by atoms with Crippen molar-refractivity contribution in [2.24, 2.45) is 0 Å². The highest BCUT2D eigenvalue weighted by Gasteiger charge is 2.27. The maximum atomic E-state index is 6.00. The van der Waals surface area contributed by atoms with Gasteiger partial charge in [-0.1, -0.05) is 6.92 Å².